The highest BCUT2D eigenvalue weighted by Gasteiger charge is 2.47. The molecule has 2 rings (SSSR count). The second-order valence-corrected chi connectivity index (χ2v) is 3.26. The van der Waals surface area contributed by atoms with Crippen LogP contribution in [-0.4, -0.2) is 24.2 Å². The van der Waals surface area contributed by atoms with E-state index in [1.165, 1.54) is 0 Å². The van der Waals surface area contributed by atoms with E-state index in [1.54, 1.807) is 0 Å². The van der Waals surface area contributed by atoms with E-state index in [9.17, 15) is 4.79 Å². The molecule has 0 aromatic rings. The standard InChI is InChI=1S/C7H11NO2/c9-7(10)5-1-4-2-8-3-6(4)5/h4-6,8H,1-3H2,(H,9,10)/t4-,5+,6+/m1/s1. The molecule has 10 heavy (non-hydrogen) atoms. The molecule has 0 aromatic heterocycles. The van der Waals surface area contributed by atoms with Crippen LogP contribution in [0.1, 0.15) is 6.42 Å². The molecule has 1 aliphatic heterocycles. The fraction of sp³-hybridized carbons (Fsp3) is 0.857. The van der Waals surface area contributed by atoms with E-state index in [1.807, 2.05) is 0 Å². The maximum Gasteiger partial charge on any atom is 0.306 e. The van der Waals surface area contributed by atoms with Gasteiger partial charge in [0, 0.05) is 0 Å². The van der Waals surface area contributed by atoms with Crippen LogP contribution in [0.15, 0.2) is 0 Å². The molecule has 0 bridgehead atoms. The summed E-state index contributed by atoms with van der Waals surface area (Å²) in [6, 6.07) is 0. The minimum atomic E-state index is -0.607. The normalized spacial score (nSPS) is 44.2. The number of hydrogen-bond donors (Lipinski definition) is 2. The van der Waals surface area contributed by atoms with E-state index in [4.69, 9.17) is 5.11 Å². The van der Waals surface area contributed by atoms with Crippen LogP contribution in [0.4, 0.5) is 0 Å². The van der Waals surface area contributed by atoms with Crippen LogP contribution >= 0.6 is 0 Å². The summed E-state index contributed by atoms with van der Waals surface area (Å²) in [5.74, 6) is 0.462. The summed E-state index contributed by atoms with van der Waals surface area (Å²) in [6.45, 7) is 1.95. The largest absolute Gasteiger partial charge is 0.481 e. The van der Waals surface area contributed by atoms with Crippen molar-refractivity contribution in [2.24, 2.45) is 17.8 Å². The van der Waals surface area contributed by atoms with E-state index in [0.29, 0.717) is 11.8 Å². The monoisotopic (exact) mass is 141 g/mol. The molecule has 0 aromatic carbocycles. The molecule has 0 amide bonds. The molecule has 2 fully saturated rings. The highest BCUT2D eigenvalue weighted by molar-refractivity contribution is 5.71. The SMILES string of the molecule is O=C(O)[C@H]1C[C@@H]2CNC[C@@H]21. The number of carboxylic acids is 1. The van der Waals surface area contributed by atoms with Crippen LogP contribution < -0.4 is 5.32 Å². The summed E-state index contributed by atoms with van der Waals surface area (Å²) >= 11 is 0. The first-order valence-electron chi connectivity index (χ1n) is 3.72. The van der Waals surface area contributed by atoms with Crippen molar-refractivity contribution in [2.45, 2.75) is 6.42 Å². The number of rotatable bonds is 1. The highest BCUT2D eigenvalue weighted by Crippen LogP contribution is 2.42. The number of hydrogen-bond acceptors (Lipinski definition) is 2. The fourth-order valence-electron chi connectivity index (χ4n) is 2.07. The number of carboxylic acid groups (broad SMARTS) is 1. The minimum Gasteiger partial charge on any atom is -0.481 e. The third-order valence-electron chi connectivity index (χ3n) is 2.78. The highest BCUT2D eigenvalue weighted by atomic mass is 16.4. The summed E-state index contributed by atoms with van der Waals surface area (Å²) in [7, 11) is 0. The number of fused-ring (bicyclic) bond motifs is 1. The summed E-state index contributed by atoms with van der Waals surface area (Å²) < 4.78 is 0. The molecule has 0 unspecified atom stereocenters. The first-order valence-corrected chi connectivity index (χ1v) is 3.72. The average Bonchev–Trinajstić information content (AvgIpc) is 2.11. The molecule has 1 aliphatic carbocycles. The van der Waals surface area contributed by atoms with Gasteiger partial charge in [-0.3, -0.25) is 4.79 Å². The van der Waals surface area contributed by atoms with Gasteiger partial charge in [-0.2, -0.15) is 0 Å². The molecule has 56 valence electrons. The van der Waals surface area contributed by atoms with Crippen LogP contribution in [0, 0.1) is 17.8 Å². The van der Waals surface area contributed by atoms with Gasteiger partial charge < -0.3 is 10.4 Å². The smallest absolute Gasteiger partial charge is 0.306 e. The van der Waals surface area contributed by atoms with Crippen molar-refractivity contribution in [3.05, 3.63) is 0 Å². The zero-order valence-electron chi connectivity index (χ0n) is 5.71. The van der Waals surface area contributed by atoms with Crippen molar-refractivity contribution in [1.82, 2.24) is 5.32 Å². The molecule has 2 aliphatic rings. The lowest BCUT2D eigenvalue weighted by Crippen LogP contribution is -2.40. The molecule has 0 radical (unpaired) electrons. The quantitative estimate of drug-likeness (QED) is 0.537. The van der Waals surface area contributed by atoms with Crippen molar-refractivity contribution < 1.29 is 9.90 Å². The van der Waals surface area contributed by atoms with Gasteiger partial charge in [0.2, 0.25) is 0 Å². The maximum absolute atomic E-state index is 10.5. The topological polar surface area (TPSA) is 49.3 Å². The number of nitrogens with one attached hydrogen (secondary N) is 1. The Balaban J connectivity index is 2.00. The Kier molecular flexibility index (Phi) is 1.20. The van der Waals surface area contributed by atoms with Gasteiger partial charge in [0.1, 0.15) is 0 Å². The van der Waals surface area contributed by atoms with Gasteiger partial charge in [0.15, 0.2) is 0 Å². The number of aliphatic carboxylic acids is 1. The van der Waals surface area contributed by atoms with Gasteiger partial charge in [0.25, 0.3) is 0 Å². The Labute approximate surface area is 59.4 Å². The van der Waals surface area contributed by atoms with Crippen LogP contribution in [0.3, 0.4) is 0 Å². The molecule has 0 spiro atoms. The summed E-state index contributed by atoms with van der Waals surface area (Å²) in [6.07, 6.45) is 0.896. The molecule has 3 atom stereocenters. The zero-order valence-corrected chi connectivity index (χ0v) is 5.71. The Morgan fingerprint density at radius 2 is 2.30 bits per heavy atom. The molecule has 1 saturated carbocycles. The Morgan fingerprint density at radius 1 is 1.50 bits per heavy atom. The summed E-state index contributed by atoms with van der Waals surface area (Å²) in [4.78, 5) is 10.5. The third-order valence-corrected chi connectivity index (χ3v) is 2.78. The van der Waals surface area contributed by atoms with Gasteiger partial charge in [-0.1, -0.05) is 0 Å². The lowest BCUT2D eigenvalue weighted by molar-refractivity contribution is -0.149. The third kappa shape index (κ3) is 0.669. The molecule has 1 saturated heterocycles. The predicted octanol–water partition coefficient (Wildman–Crippen LogP) is -0.0735. The van der Waals surface area contributed by atoms with E-state index in [2.05, 4.69) is 5.32 Å². The Morgan fingerprint density at radius 3 is 2.90 bits per heavy atom. The zero-order chi connectivity index (χ0) is 7.14. The second-order valence-electron chi connectivity index (χ2n) is 3.26. The first-order chi connectivity index (χ1) is 4.79. The predicted molar refractivity (Wildman–Crippen MR) is 35.6 cm³/mol. The van der Waals surface area contributed by atoms with Crippen molar-refractivity contribution >= 4 is 5.97 Å². The van der Waals surface area contributed by atoms with Crippen molar-refractivity contribution in [3.63, 3.8) is 0 Å². The molecular formula is C7H11NO2. The van der Waals surface area contributed by atoms with Gasteiger partial charge >= 0.3 is 5.97 Å². The summed E-state index contributed by atoms with van der Waals surface area (Å²) in [5.41, 5.74) is 0. The fourth-order valence-corrected chi connectivity index (χ4v) is 2.07. The molecule has 1 heterocycles. The van der Waals surface area contributed by atoms with Crippen molar-refractivity contribution in [3.8, 4) is 0 Å². The van der Waals surface area contributed by atoms with Gasteiger partial charge in [-0.05, 0) is 31.3 Å². The van der Waals surface area contributed by atoms with E-state index in [0.717, 1.165) is 19.5 Å². The average molecular weight is 141 g/mol. The van der Waals surface area contributed by atoms with E-state index in [-0.39, 0.29) is 5.92 Å². The Hall–Kier alpha value is -0.570. The van der Waals surface area contributed by atoms with Crippen LogP contribution in [-0.2, 0) is 4.79 Å². The van der Waals surface area contributed by atoms with Crippen LogP contribution in [0.25, 0.3) is 0 Å². The van der Waals surface area contributed by atoms with Gasteiger partial charge in [-0.25, -0.2) is 0 Å². The molecular weight excluding hydrogens is 130 g/mol. The summed E-state index contributed by atoms with van der Waals surface area (Å²) in [5, 5.41) is 11.9. The van der Waals surface area contributed by atoms with Crippen LogP contribution in [0.5, 0.6) is 0 Å². The Bertz CT molecular complexity index is 169. The molecule has 3 heteroatoms. The van der Waals surface area contributed by atoms with E-state index < -0.39 is 5.97 Å². The lowest BCUT2D eigenvalue weighted by atomic mass is 9.67. The lowest BCUT2D eigenvalue weighted by Gasteiger charge is -2.36. The molecule has 3 nitrogen and oxygen atoms in total. The van der Waals surface area contributed by atoms with Crippen molar-refractivity contribution in [1.29, 1.82) is 0 Å². The molecule has 2 N–H and O–H groups in total. The first kappa shape index (κ1) is 6.16. The van der Waals surface area contributed by atoms with Crippen LogP contribution in [0.2, 0.25) is 0 Å². The minimum absolute atomic E-state index is 0.0417. The maximum atomic E-state index is 10.5. The second kappa shape index (κ2) is 1.95. The van der Waals surface area contributed by atoms with Gasteiger partial charge in [0.05, 0.1) is 5.92 Å². The van der Waals surface area contributed by atoms with E-state index >= 15 is 0 Å². The van der Waals surface area contributed by atoms with Crippen molar-refractivity contribution in [2.75, 3.05) is 13.1 Å². The van der Waals surface area contributed by atoms with Gasteiger partial charge in [-0.15, -0.1) is 0 Å². The number of carbonyl (C=O) groups is 1.